The van der Waals surface area contributed by atoms with E-state index in [4.69, 9.17) is 4.98 Å². The van der Waals surface area contributed by atoms with Crippen LogP contribution in [0.4, 0.5) is 11.5 Å². The number of pyridine rings is 1. The molecule has 3 heterocycles. The van der Waals surface area contributed by atoms with Crippen LogP contribution in [0.3, 0.4) is 0 Å². The third-order valence-electron chi connectivity index (χ3n) is 5.52. The lowest BCUT2D eigenvalue weighted by molar-refractivity contribution is 0.437. The van der Waals surface area contributed by atoms with E-state index in [1.165, 1.54) is 23.9 Å². The van der Waals surface area contributed by atoms with Gasteiger partial charge in [-0.2, -0.15) is 5.26 Å². The van der Waals surface area contributed by atoms with Gasteiger partial charge in [-0.25, -0.2) is 4.98 Å². The van der Waals surface area contributed by atoms with Gasteiger partial charge in [-0.05, 0) is 30.9 Å². The van der Waals surface area contributed by atoms with Gasteiger partial charge in [0.2, 0.25) is 0 Å². The minimum atomic E-state index is 0.707. The van der Waals surface area contributed by atoms with E-state index in [9.17, 15) is 5.26 Å². The van der Waals surface area contributed by atoms with Crippen molar-refractivity contribution in [2.45, 2.75) is 19.8 Å². The summed E-state index contributed by atoms with van der Waals surface area (Å²) in [5, 5.41) is 15.1. The predicted molar refractivity (Wildman–Crippen MR) is 102 cm³/mol. The van der Waals surface area contributed by atoms with Gasteiger partial charge in [0.05, 0.1) is 23.5 Å². The van der Waals surface area contributed by atoms with E-state index in [0.717, 1.165) is 56.4 Å². The molecule has 1 aromatic heterocycles. The quantitative estimate of drug-likeness (QED) is 0.914. The molecule has 0 spiro atoms. The van der Waals surface area contributed by atoms with E-state index in [-0.39, 0.29) is 0 Å². The number of piperidine rings is 1. The van der Waals surface area contributed by atoms with Gasteiger partial charge >= 0.3 is 0 Å². The van der Waals surface area contributed by atoms with Gasteiger partial charge in [0.25, 0.3) is 0 Å². The molecule has 2 aromatic rings. The summed E-state index contributed by atoms with van der Waals surface area (Å²) in [5.74, 6) is 1.83. The molecule has 5 nitrogen and oxygen atoms in total. The Morgan fingerprint density at radius 2 is 1.84 bits per heavy atom. The molecule has 2 aliphatic rings. The zero-order valence-electron chi connectivity index (χ0n) is 14.8. The molecule has 1 aromatic carbocycles. The van der Waals surface area contributed by atoms with E-state index < -0.39 is 0 Å². The molecule has 0 aliphatic carbocycles. The van der Waals surface area contributed by atoms with Crippen molar-refractivity contribution < 1.29 is 0 Å². The highest BCUT2D eigenvalue weighted by Crippen LogP contribution is 2.34. The monoisotopic (exact) mass is 335 g/mol. The van der Waals surface area contributed by atoms with Gasteiger partial charge in [0.15, 0.2) is 0 Å². The molecule has 0 bridgehead atoms. The second kappa shape index (κ2) is 6.89. The van der Waals surface area contributed by atoms with Crippen molar-refractivity contribution in [3.63, 3.8) is 0 Å². The molecule has 4 rings (SSSR count). The molecule has 130 valence electrons. The fraction of sp³-hybridized carbons (Fsp3) is 0.500. The van der Waals surface area contributed by atoms with Crippen molar-refractivity contribution in [1.29, 1.82) is 5.26 Å². The smallest absolute Gasteiger partial charge is 0.136 e. The molecule has 0 unspecified atom stereocenters. The highest BCUT2D eigenvalue weighted by molar-refractivity contribution is 6.01. The van der Waals surface area contributed by atoms with Crippen LogP contribution in [0.5, 0.6) is 0 Å². The van der Waals surface area contributed by atoms with Crippen LogP contribution in [-0.4, -0.2) is 44.3 Å². The molecule has 1 N–H and O–H groups in total. The maximum Gasteiger partial charge on any atom is 0.136 e. The Kier molecular flexibility index (Phi) is 4.46. The standard InChI is InChI=1S/C20H25N5/c1-15-4-8-25(9-5-15)20-18-12-16(13-21)2-3-17(18)19(14-23-20)24-10-6-22-7-11-24/h2-3,12,14-15,22H,4-11H2,1H3. The molecule has 0 amide bonds. The van der Waals surface area contributed by atoms with Crippen molar-refractivity contribution in [2.75, 3.05) is 49.1 Å². The van der Waals surface area contributed by atoms with E-state index in [0.29, 0.717) is 5.56 Å². The number of nitrogens with one attached hydrogen (secondary N) is 1. The number of hydrogen-bond acceptors (Lipinski definition) is 5. The first-order valence-corrected chi connectivity index (χ1v) is 9.30. The van der Waals surface area contributed by atoms with Gasteiger partial charge in [0, 0.05) is 50.0 Å². The van der Waals surface area contributed by atoms with Crippen LogP contribution < -0.4 is 15.1 Å². The van der Waals surface area contributed by atoms with Crippen LogP contribution in [0, 0.1) is 17.2 Å². The van der Waals surface area contributed by atoms with Crippen molar-refractivity contribution in [3.05, 3.63) is 30.0 Å². The normalized spacial score (nSPS) is 19.2. The lowest BCUT2D eigenvalue weighted by Gasteiger charge is -2.34. The summed E-state index contributed by atoms with van der Waals surface area (Å²) in [4.78, 5) is 9.66. The van der Waals surface area contributed by atoms with E-state index >= 15 is 0 Å². The maximum atomic E-state index is 9.35. The van der Waals surface area contributed by atoms with Crippen LogP contribution in [-0.2, 0) is 0 Å². The number of aromatic nitrogens is 1. The van der Waals surface area contributed by atoms with Gasteiger partial charge in [-0.15, -0.1) is 0 Å². The number of nitrogens with zero attached hydrogens (tertiary/aromatic N) is 4. The summed E-state index contributed by atoms with van der Waals surface area (Å²) < 4.78 is 0. The minimum Gasteiger partial charge on any atom is -0.367 e. The van der Waals surface area contributed by atoms with Gasteiger partial charge < -0.3 is 15.1 Å². The van der Waals surface area contributed by atoms with Crippen LogP contribution >= 0.6 is 0 Å². The average molecular weight is 335 g/mol. The van der Waals surface area contributed by atoms with E-state index in [1.807, 2.05) is 18.3 Å². The highest BCUT2D eigenvalue weighted by Gasteiger charge is 2.21. The van der Waals surface area contributed by atoms with Crippen LogP contribution in [0.2, 0.25) is 0 Å². The first kappa shape index (κ1) is 16.2. The van der Waals surface area contributed by atoms with Gasteiger partial charge in [-0.3, -0.25) is 0 Å². The highest BCUT2D eigenvalue weighted by atomic mass is 15.2. The fourth-order valence-electron chi connectivity index (χ4n) is 3.91. The van der Waals surface area contributed by atoms with Gasteiger partial charge in [0.1, 0.15) is 5.82 Å². The number of anilines is 2. The Bertz CT molecular complexity index is 796. The third-order valence-corrected chi connectivity index (χ3v) is 5.52. The van der Waals surface area contributed by atoms with Crippen LogP contribution in [0.1, 0.15) is 25.3 Å². The molecule has 2 saturated heterocycles. The molecular weight excluding hydrogens is 310 g/mol. The molecule has 5 heteroatoms. The summed E-state index contributed by atoms with van der Waals surface area (Å²) >= 11 is 0. The molecule has 25 heavy (non-hydrogen) atoms. The zero-order valence-corrected chi connectivity index (χ0v) is 14.8. The lowest BCUT2D eigenvalue weighted by atomic mass is 9.98. The van der Waals surface area contributed by atoms with Crippen molar-refractivity contribution >= 4 is 22.3 Å². The largest absolute Gasteiger partial charge is 0.367 e. The lowest BCUT2D eigenvalue weighted by Crippen LogP contribution is -2.43. The summed E-state index contributed by atoms with van der Waals surface area (Å²) in [5.41, 5.74) is 1.90. The Hall–Kier alpha value is -2.32. The zero-order chi connectivity index (χ0) is 17.2. The first-order chi connectivity index (χ1) is 12.3. The van der Waals surface area contributed by atoms with Crippen LogP contribution in [0.15, 0.2) is 24.4 Å². The van der Waals surface area contributed by atoms with Crippen molar-refractivity contribution in [2.24, 2.45) is 5.92 Å². The Labute approximate surface area is 149 Å². The fourth-order valence-corrected chi connectivity index (χ4v) is 3.91. The second-order valence-corrected chi connectivity index (χ2v) is 7.25. The molecule has 0 radical (unpaired) electrons. The Balaban J connectivity index is 1.79. The second-order valence-electron chi connectivity index (χ2n) is 7.25. The number of piperazine rings is 1. The van der Waals surface area contributed by atoms with E-state index in [1.54, 1.807) is 0 Å². The first-order valence-electron chi connectivity index (χ1n) is 9.30. The molecule has 2 fully saturated rings. The number of benzene rings is 1. The molecular formula is C20H25N5. The van der Waals surface area contributed by atoms with Gasteiger partial charge in [-0.1, -0.05) is 13.0 Å². The summed E-state index contributed by atoms with van der Waals surface area (Å²) in [7, 11) is 0. The Morgan fingerprint density at radius 1 is 1.08 bits per heavy atom. The summed E-state index contributed by atoms with van der Waals surface area (Å²) in [6.07, 6.45) is 4.45. The number of fused-ring (bicyclic) bond motifs is 1. The molecule has 0 saturated carbocycles. The summed E-state index contributed by atoms with van der Waals surface area (Å²) in [6.45, 7) is 8.42. The summed E-state index contributed by atoms with van der Waals surface area (Å²) in [6, 6.07) is 8.33. The number of nitriles is 1. The predicted octanol–water partition coefficient (Wildman–Crippen LogP) is 2.75. The number of hydrogen-bond donors (Lipinski definition) is 1. The molecule has 2 aliphatic heterocycles. The minimum absolute atomic E-state index is 0.707. The van der Waals surface area contributed by atoms with Crippen molar-refractivity contribution in [1.82, 2.24) is 10.3 Å². The topological polar surface area (TPSA) is 55.2 Å². The molecule has 0 atom stereocenters. The van der Waals surface area contributed by atoms with Crippen molar-refractivity contribution in [3.8, 4) is 6.07 Å². The number of rotatable bonds is 2. The van der Waals surface area contributed by atoms with Crippen LogP contribution in [0.25, 0.3) is 10.8 Å². The third kappa shape index (κ3) is 3.14. The van der Waals surface area contributed by atoms with E-state index in [2.05, 4.69) is 34.2 Å². The SMILES string of the molecule is CC1CCN(c2ncc(N3CCNCC3)c3ccc(C#N)cc23)CC1. The Morgan fingerprint density at radius 3 is 2.56 bits per heavy atom. The average Bonchev–Trinajstić information content (AvgIpc) is 2.68. The maximum absolute atomic E-state index is 9.35.